The molecule has 3 rings (SSSR count). The zero-order valence-corrected chi connectivity index (χ0v) is 11.7. The number of aromatic nitrogens is 1. The Hall–Kier alpha value is -1.04. The molecule has 0 aromatic carbocycles. The van der Waals surface area contributed by atoms with Crippen LogP contribution in [-0.2, 0) is 6.54 Å². The van der Waals surface area contributed by atoms with Crippen molar-refractivity contribution in [3.05, 3.63) is 18.0 Å². The van der Waals surface area contributed by atoms with Crippen LogP contribution in [0.2, 0.25) is 0 Å². The Bertz CT molecular complexity index is 411. The highest BCUT2D eigenvalue weighted by Gasteiger charge is 2.15. The van der Waals surface area contributed by atoms with Crippen LogP contribution in [0.15, 0.2) is 12.3 Å². The normalized spacial score (nSPS) is 20.9. The summed E-state index contributed by atoms with van der Waals surface area (Å²) in [6.45, 7) is 5.34. The van der Waals surface area contributed by atoms with E-state index < -0.39 is 0 Å². The van der Waals surface area contributed by atoms with Crippen LogP contribution in [-0.4, -0.2) is 37.8 Å². The summed E-state index contributed by atoms with van der Waals surface area (Å²) in [6.07, 6.45) is 3.02. The van der Waals surface area contributed by atoms with Gasteiger partial charge in [0.05, 0.1) is 11.9 Å². The summed E-state index contributed by atoms with van der Waals surface area (Å²) in [4.78, 5) is 4.37. The molecule has 106 valence electrons. The third kappa shape index (κ3) is 3.72. The van der Waals surface area contributed by atoms with Gasteiger partial charge in [-0.25, -0.2) is 0 Å². The van der Waals surface area contributed by atoms with Gasteiger partial charge in [-0.1, -0.05) is 0 Å². The number of halogens is 1. The van der Waals surface area contributed by atoms with Crippen molar-refractivity contribution in [3.63, 3.8) is 0 Å². The van der Waals surface area contributed by atoms with Gasteiger partial charge in [0.2, 0.25) is 0 Å². The van der Waals surface area contributed by atoms with Crippen LogP contribution in [0.5, 0.6) is 11.5 Å². The van der Waals surface area contributed by atoms with E-state index in [0.717, 1.165) is 49.3 Å². The Balaban J connectivity index is 0.00000133. The molecule has 0 saturated carbocycles. The summed E-state index contributed by atoms with van der Waals surface area (Å²) in [7, 11) is 0. The van der Waals surface area contributed by atoms with Gasteiger partial charge in [-0.15, -0.1) is 12.4 Å². The molecule has 2 aliphatic heterocycles. The standard InChI is InChI=1S/C13H19N3O2.ClH/c1-2-14-6-10(1)7-15-8-11-5-12-13(9-16-11)18-4-3-17-12;/h5,9-10,14-15H,1-4,6-8H2;1H. The molecule has 2 N–H and O–H groups in total. The fourth-order valence-corrected chi connectivity index (χ4v) is 2.38. The molecule has 19 heavy (non-hydrogen) atoms. The summed E-state index contributed by atoms with van der Waals surface area (Å²) in [5.41, 5.74) is 1.00. The molecule has 1 unspecified atom stereocenters. The van der Waals surface area contributed by atoms with Gasteiger partial charge in [-0.2, -0.15) is 0 Å². The predicted octanol–water partition coefficient (Wildman–Crippen LogP) is 0.974. The van der Waals surface area contributed by atoms with Gasteiger partial charge in [-0.3, -0.25) is 4.98 Å². The second kappa shape index (κ2) is 6.93. The summed E-state index contributed by atoms with van der Waals surface area (Å²) in [5.74, 6) is 2.32. The highest BCUT2D eigenvalue weighted by atomic mass is 35.5. The zero-order valence-electron chi connectivity index (χ0n) is 10.9. The summed E-state index contributed by atoms with van der Waals surface area (Å²) >= 11 is 0. The van der Waals surface area contributed by atoms with Crippen molar-refractivity contribution >= 4 is 12.4 Å². The van der Waals surface area contributed by atoms with Gasteiger partial charge in [0.25, 0.3) is 0 Å². The van der Waals surface area contributed by atoms with E-state index in [1.54, 1.807) is 6.20 Å². The zero-order chi connectivity index (χ0) is 12.2. The van der Waals surface area contributed by atoms with Crippen LogP contribution >= 0.6 is 12.4 Å². The Morgan fingerprint density at radius 3 is 2.95 bits per heavy atom. The average Bonchev–Trinajstić information content (AvgIpc) is 2.92. The molecule has 2 aliphatic rings. The Labute approximate surface area is 119 Å². The Kier molecular flexibility index (Phi) is 5.24. The van der Waals surface area contributed by atoms with E-state index in [1.807, 2.05) is 6.07 Å². The number of ether oxygens (including phenoxy) is 2. The van der Waals surface area contributed by atoms with Crippen molar-refractivity contribution in [2.75, 3.05) is 32.8 Å². The van der Waals surface area contributed by atoms with E-state index in [-0.39, 0.29) is 12.4 Å². The van der Waals surface area contributed by atoms with E-state index in [9.17, 15) is 0 Å². The minimum absolute atomic E-state index is 0. The Morgan fingerprint density at radius 1 is 1.32 bits per heavy atom. The monoisotopic (exact) mass is 285 g/mol. The maximum atomic E-state index is 5.54. The van der Waals surface area contributed by atoms with Gasteiger partial charge in [0.15, 0.2) is 11.5 Å². The van der Waals surface area contributed by atoms with Crippen molar-refractivity contribution in [3.8, 4) is 11.5 Å². The lowest BCUT2D eigenvalue weighted by atomic mass is 10.1. The minimum Gasteiger partial charge on any atom is -0.486 e. The van der Waals surface area contributed by atoms with Crippen molar-refractivity contribution in [1.29, 1.82) is 0 Å². The molecule has 1 atom stereocenters. The van der Waals surface area contributed by atoms with Gasteiger partial charge < -0.3 is 20.1 Å². The number of fused-ring (bicyclic) bond motifs is 1. The van der Waals surface area contributed by atoms with Gasteiger partial charge in [-0.05, 0) is 32.0 Å². The molecule has 1 aromatic rings. The maximum absolute atomic E-state index is 5.54. The molecule has 0 amide bonds. The second-order valence-corrected chi connectivity index (χ2v) is 4.81. The SMILES string of the molecule is Cl.c1nc(CNCC2CCNC2)cc2c1OCCO2. The maximum Gasteiger partial charge on any atom is 0.179 e. The van der Waals surface area contributed by atoms with Crippen molar-refractivity contribution < 1.29 is 9.47 Å². The van der Waals surface area contributed by atoms with E-state index in [1.165, 1.54) is 6.42 Å². The number of nitrogens with one attached hydrogen (secondary N) is 2. The van der Waals surface area contributed by atoms with Crippen LogP contribution in [0.3, 0.4) is 0 Å². The van der Waals surface area contributed by atoms with E-state index in [4.69, 9.17) is 9.47 Å². The molecule has 0 spiro atoms. The summed E-state index contributed by atoms with van der Waals surface area (Å²) < 4.78 is 11.0. The number of nitrogens with zero attached hydrogens (tertiary/aromatic N) is 1. The van der Waals surface area contributed by atoms with Gasteiger partial charge >= 0.3 is 0 Å². The third-order valence-corrected chi connectivity index (χ3v) is 3.39. The average molecular weight is 286 g/mol. The van der Waals surface area contributed by atoms with Crippen LogP contribution in [0.25, 0.3) is 0 Å². The quantitative estimate of drug-likeness (QED) is 0.863. The lowest BCUT2D eigenvalue weighted by Gasteiger charge is -2.18. The number of hydrogen-bond acceptors (Lipinski definition) is 5. The van der Waals surface area contributed by atoms with Crippen LogP contribution in [0.4, 0.5) is 0 Å². The van der Waals surface area contributed by atoms with Crippen LogP contribution in [0.1, 0.15) is 12.1 Å². The largest absolute Gasteiger partial charge is 0.486 e. The molecular weight excluding hydrogens is 266 g/mol. The molecule has 3 heterocycles. The highest BCUT2D eigenvalue weighted by Crippen LogP contribution is 2.29. The molecule has 6 heteroatoms. The van der Waals surface area contributed by atoms with E-state index >= 15 is 0 Å². The Morgan fingerprint density at radius 2 is 2.16 bits per heavy atom. The molecule has 0 bridgehead atoms. The van der Waals surface area contributed by atoms with Crippen LogP contribution < -0.4 is 20.1 Å². The number of pyridine rings is 1. The molecule has 1 fully saturated rings. The summed E-state index contributed by atoms with van der Waals surface area (Å²) in [6, 6.07) is 1.97. The lowest BCUT2D eigenvalue weighted by Crippen LogP contribution is -2.24. The first-order valence-electron chi connectivity index (χ1n) is 6.58. The van der Waals surface area contributed by atoms with Crippen LogP contribution in [0, 0.1) is 5.92 Å². The molecule has 0 radical (unpaired) electrons. The lowest BCUT2D eigenvalue weighted by molar-refractivity contribution is 0.170. The fraction of sp³-hybridized carbons (Fsp3) is 0.615. The smallest absolute Gasteiger partial charge is 0.179 e. The van der Waals surface area contributed by atoms with E-state index in [0.29, 0.717) is 13.2 Å². The van der Waals surface area contributed by atoms with Crippen molar-refractivity contribution in [2.24, 2.45) is 5.92 Å². The van der Waals surface area contributed by atoms with Gasteiger partial charge in [0, 0.05) is 12.6 Å². The van der Waals surface area contributed by atoms with Crippen molar-refractivity contribution in [1.82, 2.24) is 15.6 Å². The molecule has 1 saturated heterocycles. The molecule has 1 aromatic heterocycles. The first-order chi connectivity index (χ1) is 8.92. The summed E-state index contributed by atoms with van der Waals surface area (Å²) in [5, 5.41) is 6.82. The topological polar surface area (TPSA) is 55.4 Å². The van der Waals surface area contributed by atoms with Gasteiger partial charge in [0.1, 0.15) is 13.2 Å². The van der Waals surface area contributed by atoms with E-state index in [2.05, 4.69) is 15.6 Å². The first kappa shape index (κ1) is 14.4. The molecule has 5 nitrogen and oxygen atoms in total. The molecule has 0 aliphatic carbocycles. The second-order valence-electron chi connectivity index (χ2n) is 4.81. The third-order valence-electron chi connectivity index (χ3n) is 3.39. The number of hydrogen-bond donors (Lipinski definition) is 2. The first-order valence-corrected chi connectivity index (χ1v) is 6.58. The number of rotatable bonds is 4. The minimum atomic E-state index is 0. The fourth-order valence-electron chi connectivity index (χ4n) is 2.38. The highest BCUT2D eigenvalue weighted by molar-refractivity contribution is 5.85. The predicted molar refractivity (Wildman–Crippen MR) is 75.2 cm³/mol. The van der Waals surface area contributed by atoms with Crippen molar-refractivity contribution in [2.45, 2.75) is 13.0 Å². The molecular formula is C13H20ClN3O2.